The van der Waals surface area contributed by atoms with Gasteiger partial charge in [-0.3, -0.25) is 0 Å². The van der Waals surface area contributed by atoms with Crippen molar-refractivity contribution in [1.29, 1.82) is 0 Å². The van der Waals surface area contributed by atoms with Gasteiger partial charge < -0.3 is 13.9 Å². The fourth-order valence-electron chi connectivity index (χ4n) is 13.0. The van der Waals surface area contributed by atoms with Gasteiger partial charge in [-0.1, -0.05) is 153 Å². The Morgan fingerprint density at radius 3 is 1.58 bits per heavy atom. The molecule has 9 aromatic rings. The van der Waals surface area contributed by atoms with Crippen molar-refractivity contribution in [1.82, 2.24) is 9.05 Å². The van der Waals surface area contributed by atoms with Gasteiger partial charge >= 0.3 is 6.85 Å². The third-order valence-corrected chi connectivity index (χ3v) is 17.4. The first-order chi connectivity index (χ1) is 33.1. The molecule has 0 fully saturated rings. The number of nitrogens with zero attached hydrogens (tertiary/aromatic N) is 3. The number of anilines is 3. The standard InChI is InChI=1S/C67H74BN3/c1-39-32-47-49-36-43(65(11,12)13)35-48-46-34-42(64(8,9)10)22-28-54(46)71(60(48)49)68-53-27-29-55(69(44-23-18-40(19-24-44)62(2,3)4)45-25-20-41(21-26-45)63(5,6)7)58-50-37-51-52(67(16,17)31-30-66(51,14)15)38-56(50)70(61(53)58)57(33-39)59(47)68/h18-29,32-38H,30-31H2,1-17H3. The van der Waals surface area contributed by atoms with Gasteiger partial charge in [0.15, 0.2) is 0 Å². The van der Waals surface area contributed by atoms with E-state index in [1.165, 1.54) is 134 Å². The number of aromatic nitrogens is 2. The molecule has 2 aromatic heterocycles. The molecule has 0 unspecified atom stereocenters. The zero-order valence-electron chi connectivity index (χ0n) is 45.8. The summed E-state index contributed by atoms with van der Waals surface area (Å²) in [6.07, 6.45) is 2.33. The first-order valence-electron chi connectivity index (χ1n) is 26.6. The molecule has 0 N–H and O–H groups in total. The molecule has 1 aliphatic carbocycles. The van der Waals surface area contributed by atoms with E-state index >= 15 is 0 Å². The highest BCUT2D eigenvalue weighted by Crippen LogP contribution is 2.53. The van der Waals surface area contributed by atoms with E-state index in [1.54, 1.807) is 0 Å². The van der Waals surface area contributed by atoms with E-state index < -0.39 is 0 Å². The molecule has 4 heteroatoms. The summed E-state index contributed by atoms with van der Waals surface area (Å²) in [5.74, 6) is 0. The first kappa shape index (κ1) is 46.1. The average molecular weight is 932 g/mol. The molecule has 4 heterocycles. The molecule has 12 rings (SSSR count). The lowest BCUT2D eigenvalue weighted by Crippen LogP contribution is -2.55. The third-order valence-electron chi connectivity index (χ3n) is 17.4. The van der Waals surface area contributed by atoms with Gasteiger partial charge in [-0.15, -0.1) is 0 Å². The van der Waals surface area contributed by atoms with Crippen molar-refractivity contribution in [3.63, 3.8) is 0 Å². The van der Waals surface area contributed by atoms with E-state index in [-0.39, 0.29) is 39.3 Å². The van der Waals surface area contributed by atoms with E-state index in [0.717, 1.165) is 6.42 Å². The SMILES string of the molecule is Cc1cc2c3c(c1)-n1c4cc5c(cc4c4c(N(c6ccc(C(C)(C)C)cc6)c6ccc(C(C)(C)C)cc6)ccc(c41)B3n1c3ccc(C(C)(C)C)cc3c3cc(C(C)(C)C)cc-2c31)C(C)(C)CCC5(C)C. The molecule has 71 heavy (non-hydrogen) atoms. The van der Waals surface area contributed by atoms with Crippen molar-refractivity contribution in [3.05, 3.63) is 154 Å². The Kier molecular flexibility index (Phi) is 9.47. The lowest BCUT2D eigenvalue weighted by molar-refractivity contribution is 0.332. The van der Waals surface area contributed by atoms with Crippen LogP contribution in [-0.2, 0) is 32.5 Å². The number of fused-ring (bicyclic) bond motifs is 11. The van der Waals surface area contributed by atoms with Crippen LogP contribution in [-0.4, -0.2) is 15.9 Å². The van der Waals surface area contributed by atoms with Crippen LogP contribution >= 0.6 is 0 Å². The molecule has 0 bridgehead atoms. The van der Waals surface area contributed by atoms with Crippen LogP contribution in [0.25, 0.3) is 60.4 Å². The molecular weight excluding hydrogens is 858 g/mol. The topological polar surface area (TPSA) is 13.1 Å². The maximum Gasteiger partial charge on any atom is 0.333 e. The van der Waals surface area contributed by atoms with Gasteiger partial charge in [0, 0.05) is 55.2 Å². The molecule has 3 nitrogen and oxygen atoms in total. The average Bonchev–Trinajstić information content (AvgIpc) is 3.81. The van der Waals surface area contributed by atoms with Gasteiger partial charge in [0.25, 0.3) is 0 Å². The fourth-order valence-corrected chi connectivity index (χ4v) is 13.0. The summed E-state index contributed by atoms with van der Waals surface area (Å²) in [7, 11) is 0. The van der Waals surface area contributed by atoms with Crippen LogP contribution in [0.4, 0.5) is 17.1 Å². The number of aryl methyl sites for hydroxylation is 1. The summed E-state index contributed by atoms with van der Waals surface area (Å²) in [4.78, 5) is 2.56. The van der Waals surface area contributed by atoms with Gasteiger partial charge in [-0.05, 0) is 180 Å². The number of rotatable bonds is 3. The maximum absolute atomic E-state index is 2.77. The summed E-state index contributed by atoms with van der Waals surface area (Å²) in [5.41, 5.74) is 25.5. The molecule has 0 radical (unpaired) electrons. The maximum atomic E-state index is 2.77. The quantitative estimate of drug-likeness (QED) is 0.161. The van der Waals surface area contributed by atoms with Crippen molar-refractivity contribution in [2.45, 2.75) is 163 Å². The largest absolute Gasteiger partial charge is 0.375 e. The van der Waals surface area contributed by atoms with Crippen LogP contribution in [0, 0.1) is 6.92 Å². The Labute approximate surface area is 424 Å². The fraction of sp³-hybridized carbons (Fsp3) is 0.373. The van der Waals surface area contributed by atoms with Gasteiger partial charge in [0.05, 0.1) is 16.7 Å². The number of benzene rings is 7. The molecular formula is C67H74BN3. The van der Waals surface area contributed by atoms with Crippen LogP contribution in [0.15, 0.2) is 115 Å². The highest BCUT2D eigenvalue weighted by atomic mass is 15.1. The van der Waals surface area contributed by atoms with Gasteiger partial charge in [-0.2, -0.15) is 0 Å². The van der Waals surface area contributed by atoms with Crippen molar-refractivity contribution in [3.8, 4) is 16.8 Å². The minimum atomic E-state index is -0.0319. The molecule has 0 amide bonds. The van der Waals surface area contributed by atoms with E-state index in [9.17, 15) is 0 Å². The summed E-state index contributed by atoms with van der Waals surface area (Å²) < 4.78 is 5.49. The second kappa shape index (κ2) is 14.6. The third kappa shape index (κ3) is 6.74. The van der Waals surface area contributed by atoms with E-state index in [0.29, 0.717) is 0 Å². The molecule has 0 saturated heterocycles. The summed E-state index contributed by atoms with van der Waals surface area (Å²) in [6.45, 7) is 40.3. The van der Waals surface area contributed by atoms with Crippen LogP contribution < -0.4 is 15.8 Å². The number of hydrogen-bond acceptors (Lipinski definition) is 1. The van der Waals surface area contributed by atoms with Gasteiger partial charge in [0.2, 0.25) is 0 Å². The van der Waals surface area contributed by atoms with Crippen LogP contribution in [0.5, 0.6) is 0 Å². The predicted octanol–water partition coefficient (Wildman–Crippen LogP) is 17.2. The second-order valence-corrected chi connectivity index (χ2v) is 27.5. The summed E-state index contributed by atoms with van der Waals surface area (Å²) in [6, 6.07) is 46.6. The minimum Gasteiger partial charge on any atom is -0.375 e. The highest BCUT2D eigenvalue weighted by molar-refractivity contribution is 6.90. The van der Waals surface area contributed by atoms with Crippen molar-refractivity contribution in [2.24, 2.45) is 0 Å². The molecule has 360 valence electrons. The predicted molar refractivity (Wildman–Crippen MR) is 309 cm³/mol. The Morgan fingerprint density at radius 2 is 1.01 bits per heavy atom. The summed E-state index contributed by atoms with van der Waals surface area (Å²) in [5, 5.41) is 5.37. The normalized spacial score (nSPS) is 16.0. The minimum absolute atomic E-state index is 0.0164. The van der Waals surface area contributed by atoms with Crippen LogP contribution in [0.3, 0.4) is 0 Å². The summed E-state index contributed by atoms with van der Waals surface area (Å²) >= 11 is 0. The van der Waals surface area contributed by atoms with Crippen LogP contribution in [0.1, 0.15) is 163 Å². The molecule has 7 aromatic carbocycles. The monoisotopic (exact) mass is 932 g/mol. The van der Waals surface area contributed by atoms with Crippen molar-refractivity contribution < 1.29 is 0 Å². The van der Waals surface area contributed by atoms with Gasteiger partial charge in [0.1, 0.15) is 0 Å². The van der Waals surface area contributed by atoms with Crippen molar-refractivity contribution in [2.75, 3.05) is 4.90 Å². The van der Waals surface area contributed by atoms with Crippen molar-refractivity contribution >= 4 is 78.4 Å². The number of hydrogen-bond donors (Lipinski definition) is 0. The smallest absolute Gasteiger partial charge is 0.333 e. The molecule has 0 saturated carbocycles. The highest BCUT2D eigenvalue weighted by Gasteiger charge is 2.44. The molecule has 2 aliphatic heterocycles. The molecule has 3 aliphatic rings. The molecule has 0 atom stereocenters. The van der Waals surface area contributed by atoms with Crippen LogP contribution in [0.2, 0.25) is 0 Å². The van der Waals surface area contributed by atoms with Gasteiger partial charge in [-0.25, -0.2) is 0 Å². The van der Waals surface area contributed by atoms with E-state index in [1.807, 2.05) is 0 Å². The molecule has 0 spiro atoms. The Morgan fingerprint density at radius 1 is 0.479 bits per heavy atom. The van der Waals surface area contributed by atoms with E-state index in [4.69, 9.17) is 0 Å². The first-order valence-corrected chi connectivity index (χ1v) is 26.6. The second-order valence-electron chi connectivity index (χ2n) is 27.5. The Hall–Kier alpha value is -6.00. The lowest BCUT2D eigenvalue weighted by Gasteiger charge is -2.42. The Balaban J connectivity index is 1.26. The zero-order chi connectivity index (χ0) is 50.4. The lowest BCUT2D eigenvalue weighted by atomic mass is 9.45. The van der Waals surface area contributed by atoms with E-state index in [2.05, 4.69) is 247 Å². The zero-order valence-corrected chi connectivity index (χ0v) is 45.8. The Bertz CT molecular complexity index is 3670.